The van der Waals surface area contributed by atoms with Gasteiger partial charge in [-0.2, -0.15) is 0 Å². The van der Waals surface area contributed by atoms with Crippen molar-refractivity contribution in [3.8, 4) is 22.9 Å². The number of nitrogens with one attached hydrogen (secondary N) is 1. The van der Waals surface area contributed by atoms with Gasteiger partial charge in [0.15, 0.2) is 11.5 Å². The van der Waals surface area contributed by atoms with Crippen LogP contribution in [0, 0.1) is 11.3 Å². The molecule has 2 heterocycles. The minimum atomic E-state index is -0.111. The van der Waals surface area contributed by atoms with Gasteiger partial charge in [-0.3, -0.25) is 4.79 Å². The highest BCUT2D eigenvalue weighted by atomic mass is 35.5. The maximum atomic E-state index is 13.2. The number of nitrogens with zero attached hydrogens (tertiary/aromatic N) is 1. The topological polar surface area (TPSA) is 64.2 Å². The number of hydrogen-bond donors (Lipinski definition) is 1. The summed E-state index contributed by atoms with van der Waals surface area (Å²) < 4.78 is 11.5. The summed E-state index contributed by atoms with van der Waals surface area (Å²) >= 11 is 14.2. The molecule has 188 valence electrons. The Morgan fingerprint density at radius 2 is 1.92 bits per heavy atom. The highest BCUT2D eigenvalue weighted by Gasteiger charge is 2.31. The molecule has 0 bridgehead atoms. The van der Waals surface area contributed by atoms with E-state index < -0.39 is 0 Å². The molecular formula is C28H28Cl2N2O3S. The number of H-pyrrole nitrogens is 1. The van der Waals surface area contributed by atoms with Crippen molar-refractivity contribution >= 4 is 44.8 Å². The Bertz CT molecular complexity index is 1490. The average Bonchev–Trinajstić information content (AvgIpc) is 3.21. The van der Waals surface area contributed by atoms with Gasteiger partial charge in [0.2, 0.25) is 0 Å². The van der Waals surface area contributed by atoms with Gasteiger partial charge in [-0.05, 0) is 66.0 Å². The van der Waals surface area contributed by atoms with Crippen molar-refractivity contribution in [2.75, 3.05) is 7.11 Å². The van der Waals surface area contributed by atoms with Gasteiger partial charge in [0.05, 0.1) is 17.5 Å². The Morgan fingerprint density at radius 3 is 2.61 bits per heavy atom. The number of aryl methyl sites for hydroxylation is 1. The number of methoxy groups -OCH3 is 1. The molecule has 5 rings (SSSR count). The molecule has 1 aliphatic carbocycles. The maximum absolute atomic E-state index is 13.2. The summed E-state index contributed by atoms with van der Waals surface area (Å²) in [6, 6.07) is 10.9. The van der Waals surface area contributed by atoms with Gasteiger partial charge < -0.3 is 14.5 Å². The van der Waals surface area contributed by atoms with Crippen LogP contribution in [-0.4, -0.2) is 17.1 Å². The summed E-state index contributed by atoms with van der Waals surface area (Å²) in [4.78, 5) is 23.1. The van der Waals surface area contributed by atoms with Crippen LogP contribution in [0.5, 0.6) is 11.5 Å². The second kappa shape index (κ2) is 9.73. The number of rotatable bonds is 5. The molecule has 5 nitrogen and oxygen atoms in total. The summed E-state index contributed by atoms with van der Waals surface area (Å²) in [5, 5.41) is 1.77. The average molecular weight is 544 g/mol. The van der Waals surface area contributed by atoms with Gasteiger partial charge in [0.25, 0.3) is 5.56 Å². The Morgan fingerprint density at radius 1 is 1.17 bits per heavy atom. The molecule has 0 fully saturated rings. The van der Waals surface area contributed by atoms with E-state index in [1.54, 1.807) is 30.6 Å². The summed E-state index contributed by atoms with van der Waals surface area (Å²) in [6.45, 7) is 7.18. The highest BCUT2D eigenvalue weighted by molar-refractivity contribution is 7.18. The molecular weight excluding hydrogens is 515 g/mol. The van der Waals surface area contributed by atoms with Crippen molar-refractivity contribution < 1.29 is 9.47 Å². The molecule has 0 aliphatic heterocycles. The number of ether oxygens (including phenoxy) is 2. The van der Waals surface area contributed by atoms with Gasteiger partial charge in [-0.25, -0.2) is 4.98 Å². The van der Waals surface area contributed by atoms with Crippen LogP contribution >= 0.6 is 34.5 Å². The molecule has 4 aromatic rings. The fourth-order valence-electron chi connectivity index (χ4n) is 4.79. The second-order valence-electron chi connectivity index (χ2n) is 10.3. The van der Waals surface area contributed by atoms with Crippen molar-refractivity contribution in [1.29, 1.82) is 0 Å². The Kier molecular flexibility index (Phi) is 6.79. The van der Waals surface area contributed by atoms with Gasteiger partial charge >= 0.3 is 0 Å². The van der Waals surface area contributed by atoms with Crippen LogP contribution in [0.15, 0.2) is 41.2 Å². The number of benzene rings is 2. The largest absolute Gasteiger partial charge is 0.493 e. The molecule has 0 radical (unpaired) electrons. The molecule has 2 aromatic carbocycles. The number of aromatic nitrogens is 2. The number of thiophene rings is 1. The monoisotopic (exact) mass is 542 g/mol. The van der Waals surface area contributed by atoms with Crippen LogP contribution < -0.4 is 15.0 Å². The summed E-state index contributed by atoms with van der Waals surface area (Å²) in [5.74, 6) is 1.96. The molecule has 0 saturated carbocycles. The fourth-order valence-corrected chi connectivity index (χ4v) is 6.48. The normalized spacial score (nSPS) is 15.7. The molecule has 0 saturated heterocycles. The molecule has 1 N–H and O–H groups in total. The lowest BCUT2D eigenvalue weighted by Crippen LogP contribution is -2.26. The molecule has 1 aliphatic rings. The molecule has 1 unspecified atom stereocenters. The minimum absolute atomic E-state index is 0.111. The first-order valence-corrected chi connectivity index (χ1v) is 13.5. The van der Waals surface area contributed by atoms with Crippen LogP contribution in [0.2, 0.25) is 10.0 Å². The van der Waals surface area contributed by atoms with Crippen LogP contribution in [0.3, 0.4) is 0 Å². The van der Waals surface area contributed by atoms with Gasteiger partial charge in [0.1, 0.15) is 17.3 Å². The van der Waals surface area contributed by atoms with E-state index in [4.69, 9.17) is 37.7 Å². The lowest BCUT2D eigenvalue weighted by atomic mass is 9.72. The number of hydrogen-bond acceptors (Lipinski definition) is 5. The summed E-state index contributed by atoms with van der Waals surface area (Å²) in [5.41, 5.74) is 2.91. The molecule has 1 atom stereocenters. The van der Waals surface area contributed by atoms with Crippen molar-refractivity contribution in [2.45, 2.75) is 46.6 Å². The molecule has 0 spiro atoms. The van der Waals surface area contributed by atoms with E-state index in [9.17, 15) is 4.79 Å². The first-order valence-electron chi connectivity index (χ1n) is 11.9. The second-order valence-corrected chi connectivity index (χ2v) is 12.2. The molecule has 8 heteroatoms. The van der Waals surface area contributed by atoms with Crippen LogP contribution in [0.4, 0.5) is 0 Å². The first kappa shape index (κ1) is 25.1. The van der Waals surface area contributed by atoms with E-state index in [0.29, 0.717) is 45.5 Å². The van der Waals surface area contributed by atoms with E-state index in [1.807, 2.05) is 24.3 Å². The number of fused-ring (bicyclic) bond motifs is 3. The van der Waals surface area contributed by atoms with Gasteiger partial charge in [-0.1, -0.05) is 56.1 Å². The smallest absolute Gasteiger partial charge is 0.260 e. The lowest BCUT2D eigenvalue weighted by molar-refractivity contribution is 0.218. The van der Waals surface area contributed by atoms with E-state index in [1.165, 1.54) is 4.88 Å². The number of halogens is 2. The van der Waals surface area contributed by atoms with E-state index in [2.05, 4.69) is 25.8 Å². The number of aromatic amines is 1. The third-order valence-electron chi connectivity index (χ3n) is 6.94. The Hall–Kier alpha value is -2.54. The molecule has 0 amide bonds. The Labute approximate surface area is 224 Å². The van der Waals surface area contributed by atoms with Crippen LogP contribution in [0.25, 0.3) is 21.6 Å². The van der Waals surface area contributed by atoms with E-state index in [0.717, 1.165) is 40.6 Å². The Balaban J connectivity index is 1.48. The maximum Gasteiger partial charge on any atom is 0.260 e. The highest BCUT2D eigenvalue weighted by Crippen LogP contribution is 2.43. The van der Waals surface area contributed by atoms with Crippen molar-refractivity contribution in [3.63, 3.8) is 0 Å². The molecule has 2 aromatic heterocycles. The quantitative estimate of drug-likeness (QED) is 0.280. The third-order valence-corrected chi connectivity index (χ3v) is 8.62. The molecule has 36 heavy (non-hydrogen) atoms. The van der Waals surface area contributed by atoms with Crippen molar-refractivity contribution in [1.82, 2.24) is 9.97 Å². The first-order chi connectivity index (χ1) is 17.1. The van der Waals surface area contributed by atoms with E-state index >= 15 is 0 Å². The zero-order valence-electron chi connectivity index (χ0n) is 20.7. The van der Waals surface area contributed by atoms with Crippen LogP contribution in [-0.2, 0) is 19.4 Å². The predicted molar refractivity (Wildman–Crippen MR) is 148 cm³/mol. The van der Waals surface area contributed by atoms with Crippen molar-refractivity contribution in [2.24, 2.45) is 11.3 Å². The van der Waals surface area contributed by atoms with Gasteiger partial charge in [0, 0.05) is 15.5 Å². The summed E-state index contributed by atoms with van der Waals surface area (Å²) in [6.07, 6.45) is 3.00. The van der Waals surface area contributed by atoms with Crippen molar-refractivity contribution in [3.05, 3.63) is 72.8 Å². The minimum Gasteiger partial charge on any atom is -0.493 e. The third kappa shape index (κ3) is 4.86. The van der Waals surface area contributed by atoms with E-state index in [-0.39, 0.29) is 11.0 Å². The zero-order valence-corrected chi connectivity index (χ0v) is 23.0. The standard InChI is InChI=1S/C28H28Cl2N2O3S/c1-28(2,3)17-7-10-19-22(13-17)36-27-23(19)26(33)31-25(32-27)16-11-20(30)24(21(12-16)34-4)35-14-15-5-8-18(29)9-6-15/h5-6,8-9,11-12,17H,7,10,13-14H2,1-4H3,(H,31,32,33). The lowest BCUT2D eigenvalue weighted by Gasteiger charge is -2.33. The zero-order chi connectivity index (χ0) is 25.6. The van der Waals surface area contributed by atoms with Gasteiger partial charge in [-0.15, -0.1) is 11.3 Å². The SMILES string of the molecule is COc1cc(-c2nc3sc4c(c3c(=O)[nH]2)CCC(C(C)(C)C)C4)cc(Cl)c1OCc1ccc(Cl)cc1. The predicted octanol–water partition coefficient (Wildman–Crippen LogP) is 7.70. The summed E-state index contributed by atoms with van der Waals surface area (Å²) in [7, 11) is 1.56. The van der Waals surface area contributed by atoms with Crippen LogP contribution in [0.1, 0.15) is 43.2 Å². The fraction of sp³-hybridized carbons (Fsp3) is 0.357.